The van der Waals surface area contributed by atoms with Crippen LogP contribution >= 0.6 is 0 Å². The van der Waals surface area contributed by atoms with E-state index in [1.165, 1.54) is 32.0 Å². The highest BCUT2D eigenvalue weighted by molar-refractivity contribution is 5.66. The lowest BCUT2D eigenvalue weighted by Gasteiger charge is -2.24. The second kappa shape index (κ2) is 4.28. The van der Waals surface area contributed by atoms with Crippen LogP contribution in [-0.4, -0.2) is 10.9 Å². The summed E-state index contributed by atoms with van der Waals surface area (Å²) in [6.45, 7) is 2.69. The summed E-state index contributed by atoms with van der Waals surface area (Å²) in [5, 5.41) is 10.6. The van der Waals surface area contributed by atoms with Crippen molar-refractivity contribution in [2.75, 3.05) is 0 Å². The lowest BCUT2D eigenvalue weighted by atomic mass is 10.1. The molecule has 1 atom stereocenters. The number of carbonyl (C=O) groups is 1. The predicted octanol–water partition coefficient (Wildman–Crippen LogP) is 1.29. The third-order valence-corrected chi connectivity index (χ3v) is 1.99. The average molecular weight is 224 g/mol. The molecule has 0 spiro atoms. The summed E-state index contributed by atoms with van der Waals surface area (Å²) in [5.74, 6) is -0.545. The fourth-order valence-electron chi connectivity index (χ4n) is 1.29. The van der Waals surface area contributed by atoms with Gasteiger partial charge in [0.25, 0.3) is 5.69 Å². The molecule has 6 heteroatoms. The van der Waals surface area contributed by atoms with Crippen molar-refractivity contribution in [3.05, 3.63) is 39.9 Å². The van der Waals surface area contributed by atoms with E-state index < -0.39 is 16.6 Å². The Morgan fingerprint density at radius 1 is 1.56 bits per heavy atom. The molecule has 86 valence electrons. The quantitative estimate of drug-likeness (QED) is 0.361. The number of benzene rings is 1. The van der Waals surface area contributed by atoms with E-state index in [9.17, 15) is 14.9 Å². The van der Waals surface area contributed by atoms with E-state index in [1.54, 1.807) is 6.07 Å². The maximum atomic E-state index is 10.8. The zero-order chi connectivity index (χ0) is 12.3. The van der Waals surface area contributed by atoms with Crippen molar-refractivity contribution in [2.24, 2.45) is 5.73 Å². The minimum Gasteiger partial charge on any atom is -0.440 e. The molecule has 0 radical (unpaired) electrons. The molecule has 0 fully saturated rings. The Morgan fingerprint density at radius 2 is 2.19 bits per heavy atom. The van der Waals surface area contributed by atoms with Gasteiger partial charge >= 0.3 is 5.97 Å². The summed E-state index contributed by atoms with van der Waals surface area (Å²) in [6, 6.07) is 5.67. The molecule has 0 amide bonds. The molecule has 0 saturated carbocycles. The molecule has 1 aromatic carbocycles. The number of nitrogens with two attached hydrogens (primary N) is 1. The van der Waals surface area contributed by atoms with Crippen molar-refractivity contribution in [3.63, 3.8) is 0 Å². The highest BCUT2D eigenvalue weighted by Gasteiger charge is 2.26. The lowest BCUT2D eigenvalue weighted by Crippen LogP contribution is -2.37. The van der Waals surface area contributed by atoms with Crippen LogP contribution in [0.4, 0.5) is 5.69 Å². The van der Waals surface area contributed by atoms with Crippen molar-refractivity contribution < 1.29 is 14.5 Å². The number of carbonyl (C=O) groups excluding carboxylic acids is 1. The summed E-state index contributed by atoms with van der Waals surface area (Å²) in [5.41, 5.74) is 4.66. The fourth-order valence-corrected chi connectivity index (χ4v) is 1.29. The summed E-state index contributed by atoms with van der Waals surface area (Å²) in [7, 11) is 0. The van der Waals surface area contributed by atoms with Gasteiger partial charge in [-0.15, -0.1) is 0 Å². The standard InChI is InChI=1S/C10H12N2O4/c1-7(13)16-10(2,11)8-4-3-5-9(6-8)12(14)15/h3-6H,11H2,1-2H3. The number of rotatable bonds is 3. The molecular formula is C10H12N2O4. The number of hydrogen-bond acceptors (Lipinski definition) is 5. The van der Waals surface area contributed by atoms with Crippen molar-refractivity contribution in [1.29, 1.82) is 0 Å². The molecule has 6 nitrogen and oxygen atoms in total. The first-order valence-corrected chi connectivity index (χ1v) is 4.56. The highest BCUT2D eigenvalue weighted by Crippen LogP contribution is 2.23. The van der Waals surface area contributed by atoms with Gasteiger partial charge in [0.2, 0.25) is 0 Å². The Kier molecular flexibility index (Phi) is 3.24. The van der Waals surface area contributed by atoms with Crippen LogP contribution in [0.25, 0.3) is 0 Å². The number of nitro groups is 1. The minimum atomic E-state index is -1.36. The maximum absolute atomic E-state index is 10.8. The number of non-ortho nitro benzene ring substituents is 1. The summed E-state index contributed by atoms with van der Waals surface area (Å²) in [4.78, 5) is 20.8. The summed E-state index contributed by atoms with van der Waals surface area (Å²) in [6.07, 6.45) is 0. The molecule has 0 aliphatic carbocycles. The van der Waals surface area contributed by atoms with Crippen LogP contribution in [0.1, 0.15) is 19.4 Å². The Hall–Kier alpha value is -1.95. The van der Waals surface area contributed by atoms with E-state index in [0.29, 0.717) is 5.56 Å². The van der Waals surface area contributed by atoms with Crippen LogP contribution in [0.15, 0.2) is 24.3 Å². The molecule has 0 heterocycles. The van der Waals surface area contributed by atoms with E-state index in [1.807, 2.05) is 0 Å². The van der Waals surface area contributed by atoms with Gasteiger partial charge in [-0.1, -0.05) is 12.1 Å². The topological polar surface area (TPSA) is 95.5 Å². The van der Waals surface area contributed by atoms with Crippen LogP contribution < -0.4 is 5.73 Å². The second-order valence-corrected chi connectivity index (χ2v) is 3.51. The van der Waals surface area contributed by atoms with Gasteiger partial charge in [0.15, 0.2) is 5.72 Å². The minimum absolute atomic E-state index is 0.0960. The van der Waals surface area contributed by atoms with Gasteiger partial charge in [-0.25, -0.2) is 0 Å². The van der Waals surface area contributed by atoms with Crippen LogP contribution in [-0.2, 0) is 15.3 Å². The van der Waals surface area contributed by atoms with Crippen LogP contribution in [0.3, 0.4) is 0 Å². The molecule has 0 bridgehead atoms. The Labute approximate surface area is 92.2 Å². The Bertz CT molecular complexity index is 429. The molecule has 1 unspecified atom stereocenters. The lowest BCUT2D eigenvalue weighted by molar-refractivity contribution is -0.385. The smallest absolute Gasteiger partial charge is 0.304 e. The molecule has 0 aliphatic rings. The highest BCUT2D eigenvalue weighted by atomic mass is 16.6. The van der Waals surface area contributed by atoms with Crippen molar-refractivity contribution in [1.82, 2.24) is 0 Å². The number of ether oxygens (including phenoxy) is 1. The van der Waals surface area contributed by atoms with Crippen molar-refractivity contribution >= 4 is 11.7 Å². The summed E-state index contributed by atoms with van der Waals surface area (Å²) >= 11 is 0. The van der Waals surface area contributed by atoms with Gasteiger partial charge in [-0.2, -0.15) is 0 Å². The first kappa shape index (κ1) is 12.1. The second-order valence-electron chi connectivity index (χ2n) is 3.51. The first-order chi connectivity index (χ1) is 7.33. The van der Waals surface area contributed by atoms with Crippen LogP contribution in [0, 0.1) is 10.1 Å². The van der Waals surface area contributed by atoms with Crippen molar-refractivity contribution in [2.45, 2.75) is 19.6 Å². The van der Waals surface area contributed by atoms with Gasteiger partial charge in [0, 0.05) is 24.6 Å². The molecule has 0 aliphatic heterocycles. The molecule has 16 heavy (non-hydrogen) atoms. The molecule has 1 rings (SSSR count). The van der Waals surface area contributed by atoms with Gasteiger partial charge in [0.1, 0.15) is 0 Å². The molecule has 2 N–H and O–H groups in total. The predicted molar refractivity (Wildman–Crippen MR) is 56.4 cm³/mol. The number of esters is 1. The first-order valence-electron chi connectivity index (χ1n) is 4.56. The molecule has 0 aromatic heterocycles. The number of nitro benzene ring substituents is 1. The fraction of sp³-hybridized carbons (Fsp3) is 0.300. The monoisotopic (exact) mass is 224 g/mol. The van der Waals surface area contributed by atoms with Gasteiger partial charge in [-0.3, -0.25) is 20.6 Å². The Balaban J connectivity index is 3.07. The number of hydrogen-bond donors (Lipinski definition) is 1. The summed E-state index contributed by atoms with van der Waals surface area (Å²) < 4.78 is 4.87. The molecular weight excluding hydrogens is 212 g/mol. The van der Waals surface area contributed by atoms with Crippen LogP contribution in [0.5, 0.6) is 0 Å². The van der Waals surface area contributed by atoms with Crippen LogP contribution in [0.2, 0.25) is 0 Å². The number of nitrogens with zero attached hydrogens (tertiary/aromatic N) is 1. The largest absolute Gasteiger partial charge is 0.440 e. The third-order valence-electron chi connectivity index (χ3n) is 1.99. The van der Waals surface area contributed by atoms with E-state index in [2.05, 4.69) is 0 Å². The zero-order valence-electron chi connectivity index (χ0n) is 8.97. The van der Waals surface area contributed by atoms with Gasteiger partial charge in [0.05, 0.1) is 4.92 Å². The van der Waals surface area contributed by atoms with E-state index in [0.717, 1.165) is 0 Å². The Morgan fingerprint density at radius 3 is 2.69 bits per heavy atom. The molecule has 0 saturated heterocycles. The maximum Gasteiger partial charge on any atom is 0.304 e. The van der Waals surface area contributed by atoms with Gasteiger partial charge in [-0.05, 0) is 6.92 Å². The average Bonchev–Trinajstić information content (AvgIpc) is 2.16. The van der Waals surface area contributed by atoms with E-state index >= 15 is 0 Å². The SMILES string of the molecule is CC(=O)OC(C)(N)c1cccc([N+](=O)[O-])c1. The van der Waals surface area contributed by atoms with Crippen molar-refractivity contribution in [3.8, 4) is 0 Å². The van der Waals surface area contributed by atoms with E-state index in [-0.39, 0.29) is 5.69 Å². The zero-order valence-corrected chi connectivity index (χ0v) is 8.97. The normalized spacial score (nSPS) is 13.9. The van der Waals surface area contributed by atoms with E-state index in [4.69, 9.17) is 10.5 Å². The molecule has 1 aromatic rings. The third kappa shape index (κ3) is 2.77. The van der Waals surface area contributed by atoms with Gasteiger partial charge < -0.3 is 4.74 Å².